The zero-order valence-corrected chi connectivity index (χ0v) is 19.5. The Kier molecular flexibility index (Phi) is 8.09. The van der Waals surface area contributed by atoms with E-state index in [1.165, 1.54) is 0 Å². The van der Waals surface area contributed by atoms with E-state index in [9.17, 15) is 9.59 Å². The summed E-state index contributed by atoms with van der Waals surface area (Å²) in [7, 11) is 1.70. The summed E-state index contributed by atoms with van der Waals surface area (Å²) in [5.74, 6) is 0.448. The Hall–Kier alpha value is -3.08. The highest BCUT2D eigenvalue weighted by Gasteiger charge is 2.31. The summed E-state index contributed by atoms with van der Waals surface area (Å²) in [6.45, 7) is 6.21. The fourth-order valence-electron chi connectivity index (χ4n) is 3.89. The van der Waals surface area contributed by atoms with Crippen LogP contribution in [0.25, 0.3) is 0 Å². The number of amides is 2. The molecule has 1 heterocycles. The molecule has 0 aliphatic carbocycles. The van der Waals surface area contributed by atoms with E-state index >= 15 is 0 Å². The first-order chi connectivity index (χ1) is 15.4. The third kappa shape index (κ3) is 6.00. The van der Waals surface area contributed by atoms with Gasteiger partial charge in [0.15, 0.2) is 0 Å². The molecule has 32 heavy (non-hydrogen) atoms. The van der Waals surface area contributed by atoms with Crippen LogP contribution in [0.15, 0.2) is 66.7 Å². The topological polar surface area (TPSA) is 58.6 Å². The van der Waals surface area contributed by atoms with E-state index < -0.39 is 6.04 Å². The number of hydrogen-bond acceptors (Lipinski definition) is 3. The molecule has 0 saturated carbocycles. The first kappa shape index (κ1) is 23.6. The molecule has 2 aromatic carbocycles. The summed E-state index contributed by atoms with van der Waals surface area (Å²) in [5, 5.41) is 3.21. The molecule has 0 fully saturated rings. The van der Waals surface area contributed by atoms with Gasteiger partial charge < -0.3 is 15.0 Å². The Morgan fingerprint density at radius 2 is 1.66 bits per heavy atom. The molecule has 1 aliphatic heterocycles. The first-order valence-corrected chi connectivity index (χ1v) is 11.4. The molecular weight excluding hydrogens is 400 g/mol. The van der Waals surface area contributed by atoms with Crippen LogP contribution < -0.4 is 10.1 Å². The average Bonchev–Trinajstić information content (AvgIpc) is 2.78. The number of fused-ring (bicyclic) bond motifs is 1. The molecule has 0 spiro atoms. The fourth-order valence-corrected chi connectivity index (χ4v) is 3.89. The molecule has 1 N–H and O–H groups in total. The molecule has 0 unspecified atom stereocenters. The summed E-state index contributed by atoms with van der Waals surface area (Å²) in [6.07, 6.45) is 6.05. The van der Waals surface area contributed by atoms with Crippen LogP contribution in [0.1, 0.15) is 49.5 Å². The number of carbonyl (C=O) groups is 2. The number of rotatable bonds is 3. The zero-order chi connectivity index (χ0) is 23.1. The number of para-hydroxylation sites is 1. The lowest BCUT2D eigenvalue weighted by atomic mass is 9.98. The van der Waals surface area contributed by atoms with Gasteiger partial charge in [0.2, 0.25) is 5.91 Å². The van der Waals surface area contributed by atoms with Crippen LogP contribution in [0.2, 0.25) is 0 Å². The Bertz CT molecular complexity index is 939. The average molecular weight is 435 g/mol. The SMILES string of the molecule is CC(C)[C@@H]1C/C=C/C[C@@H](C)Oc2ccccc2C(=O)N(C)[C@@H](Cc2ccccc2)C(=O)N1. The molecule has 1 aliphatic rings. The van der Waals surface area contributed by atoms with Gasteiger partial charge in [0, 0.05) is 25.9 Å². The van der Waals surface area contributed by atoms with Crippen LogP contribution in [0.5, 0.6) is 5.75 Å². The van der Waals surface area contributed by atoms with Crippen molar-refractivity contribution in [1.29, 1.82) is 0 Å². The van der Waals surface area contributed by atoms with Crippen molar-refractivity contribution in [3.05, 3.63) is 77.9 Å². The molecule has 0 aromatic heterocycles. The van der Waals surface area contributed by atoms with E-state index in [0.29, 0.717) is 17.7 Å². The molecule has 0 radical (unpaired) electrons. The number of benzene rings is 2. The van der Waals surface area contributed by atoms with Gasteiger partial charge in [-0.3, -0.25) is 9.59 Å². The predicted octanol–water partition coefficient (Wildman–Crippen LogP) is 4.63. The van der Waals surface area contributed by atoms with Crippen molar-refractivity contribution in [2.24, 2.45) is 5.92 Å². The second-order valence-electron chi connectivity index (χ2n) is 8.85. The van der Waals surface area contributed by atoms with Crippen molar-refractivity contribution in [3.8, 4) is 5.75 Å². The first-order valence-electron chi connectivity index (χ1n) is 11.4. The molecule has 5 nitrogen and oxygen atoms in total. The van der Waals surface area contributed by atoms with Crippen molar-refractivity contribution in [2.75, 3.05) is 7.05 Å². The van der Waals surface area contributed by atoms with Crippen LogP contribution in [-0.2, 0) is 11.2 Å². The van der Waals surface area contributed by atoms with Crippen molar-refractivity contribution < 1.29 is 14.3 Å². The van der Waals surface area contributed by atoms with Gasteiger partial charge in [-0.15, -0.1) is 0 Å². The van der Waals surface area contributed by atoms with E-state index in [4.69, 9.17) is 4.74 Å². The predicted molar refractivity (Wildman–Crippen MR) is 128 cm³/mol. The largest absolute Gasteiger partial charge is 0.490 e. The Morgan fingerprint density at radius 3 is 2.38 bits per heavy atom. The van der Waals surface area contributed by atoms with Gasteiger partial charge in [-0.2, -0.15) is 0 Å². The van der Waals surface area contributed by atoms with Gasteiger partial charge in [-0.25, -0.2) is 0 Å². The molecule has 170 valence electrons. The number of nitrogens with one attached hydrogen (secondary N) is 1. The van der Waals surface area contributed by atoms with Crippen LogP contribution in [-0.4, -0.2) is 41.9 Å². The van der Waals surface area contributed by atoms with Crippen molar-refractivity contribution in [3.63, 3.8) is 0 Å². The van der Waals surface area contributed by atoms with Gasteiger partial charge in [0.25, 0.3) is 5.91 Å². The number of ether oxygens (including phenoxy) is 1. The van der Waals surface area contributed by atoms with E-state index in [1.54, 1.807) is 18.0 Å². The van der Waals surface area contributed by atoms with Crippen LogP contribution >= 0.6 is 0 Å². The third-order valence-electron chi connectivity index (χ3n) is 5.97. The molecular formula is C27H34N2O3. The quantitative estimate of drug-likeness (QED) is 0.717. The second-order valence-corrected chi connectivity index (χ2v) is 8.85. The maximum atomic E-state index is 13.5. The molecule has 5 heteroatoms. The Morgan fingerprint density at radius 1 is 1.00 bits per heavy atom. The van der Waals surface area contributed by atoms with Crippen LogP contribution in [0.4, 0.5) is 0 Å². The summed E-state index contributed by atoms with van der Waals surface area (Å²) < 4.78 is 6.11. The highest BCUT2D eigenvalue weighted by molar-refractivity contribution is 5.99. The maximum Gasteiger partial charge on any atom is 0.258 e. The Balaban J connectivity index is 2.00. The summed E-state index contributed by atoms with van der Waals surface area (Å²) >= 11 is 0. The highest BCUT2D eigenvalue weighted by atomic mass is 16.5. The van der Waals surface area contributed by atoms with Crippen molar-refractivity contribution >= 4 is 11.8 Å². The lowest BCUT2D eigenvalue weighted by molar-refractivity contribution is -0.126. The van der Waals surface area contributed by atoms with Gasteiger partial charge in [0.1, 0.15) is 11.8 Å². The molecule has 3 rings (SSSR count). The smallest absolute Gasteiger partial charge is 0.258 e. The molecule has 0 bridgehead atoms. The fraction of sp³-hybridized carbons (Fsp3) is 0.407. The van der Waals surface area contributed by atoms with E-state index in [1.807, 2.05) is 55.5 Å². The van der Waals surface area contributed by atoms with E-state index in [0.717, 1.165) is 18.4 Å². The zero-order valence-electron chi connectivity index (χ0n) is 19.5. The minimum atomic E-state index is -0.636. The van der Waals surface area contributed by atoms with Gasteiger partial charge >= 0.3 is 0 Å². The summed E-state index contributed by atoms with van der Waals surface area (Å²) in [6, 6.07) is 16.4. The lowest BCUT2D eigenvalue weighted by Crippen LogP contribution is -2.52. The second kappa shape index (κ2) is 11.0. The standard InChI is InChI=1S/C27H34N2O3/c1-19(2)23-16-10-8-12-20(3)32-25-17-11-9-15-22(25)27(31)29(4)24(26(30)28-23)18-21-13-6-5-7-14-21/h5-11,13-15,17,19-20,23-24H,12,16,18H2,1-4H3,(H,28,30)/b10-8+/t20-,23+,24+/m1/s1. The molecule has 2 aromatic rings. The number of carbonyl (C=O) groups excluding carboxylic acids is 2. The molecule has 2 amide bonds. The van der Waals surface area contributed by atoms with Gasteiger partial charge in [0.05, 0.1) is 11.7 Å². The minimum Gasteiger partial charge on any atom is -0.490 e. The van der Waals surface area contributed by atoms with E-state index in [-0.39, 0.29) is 29.9 Å². The summed E-state index contributed by atoms with van der Waals surface area (Å²) in [4.78, 5) is 28.5. The van der Waals surface area contributed by atoms with Gasteiger partial charge in [-0.05, 0) is 37.0 Å². The van der Waals surface area contributed by atoms with Crippen LogP contribution in [0.3, 0.4) is 0 Å². The normalized spacial score (nSPS) is 23.7. The molecule has 0 saturated heterocycles. The Labute approximate surface area is 191 Å². The number of likely N-dealkylation sites (N-methyl/N-ethyl adjacent to an activating group) is 1. The summed E-state index contributed by atoms with van der Waals surface area (Å²) in [5.41, 5.74) is 1.47. The lowest BCUT2D eigenvalue weighted by Gasteiger charge is -2.31. The van der Waals surface area contributed by atoms with Crippen molar-refractivity contribution in [1.82, 2.24) is 10.2 Å². The van der Waals surface area contributed by atoms with Crippen molar-refractivity contribution in [2.45, 2.75) is 58.2 Å². The monoisotopic (exact) mass is 434 g/mol. The highest BCUT2D eigenvalue weighted by Crippen LogP contribution is 2.24. The van der Waals surface area contributed by atoms with Crippen LogP contribution in [0, 0.1) is 5.92 Å². The number of hydrogen-bond donors (Lipinski definition) is 1. The van der Waals surface area contributed by atoms with Gasteiger partial charge in [-0.1, -0.05) is 68.5 Å². The van der Waals surface area contributed by atoms with E-state index in [2.05, 4.69) is 31.3 Å². The minimum absolute atomic E-state index is 0.00743. The maximum absolute atomic E-state index is 13.5. The molecule has 3 atom stereocenters. The third-order valence-corrected chi connectivity index (χ3v) is 5.97. The number of nitrogens with zero attached hydrogens (tertiary/aromatic N) is 1.